The van der Waals surface area contributed by atoms with E-state index in [0.29, 0.717) is 24.7 Å². The molecule has 1 N–H and O–H groups in total. The van der Waals surface area contributed by atoms with Crippen LogP contribution < -0.4 is 9.47 Å². The number of esters is 1. The molecule has 96 valence electrons. The van der Waals surface area contributed by atoms with E-state index >= 15 is 0 Å². The zero-order chi connectivity index (χ0) is 13.1. The van der Waals surface area contributed by atoms with Crippen LogP contribution in [0.3, 0.4) is 0 Å². The number of hydrogen-bond donors (Lipinski definition) is 1. The maximum atomic E-state index is 11.7. The molecule has 1 aromatic rings. The monoisotopic (exact) mass is 250 g/mol. The molecule has 0 saturated carbocycles. The van der Waals surface area contributed by atoms with Crippen LogP contribution in [0.1, 0.15) is 12.5 Å². The van der Waals surface area contributed by atoms with Crippen LogP contribution in [0.15, 0.2) is 18.7 Å². The Morgan fingerprint density at radius 1 is 1.44 bits per heavy atom. The van der Waals surface area contributed by atoms with E-state index in [-0.39, 0.29) is 23.5 Å². The molecule has 0 bridgehead atoms. The predicted molar refractivity (Wildman–Crippen MR) is 64.8 cm³/mol. The maximum absolute atomic E-state index is 11.7. The van der Waals surface area contributed by atoms with Gasteiger partial charge in [0.1, 0.15) is 19.0 Å². The van der Waals surface area contributed by atoms with Crippen LogP contribution in [0.2, 0.25) is 0 Å². The molecule has 0 spiro atoms. The number of hydrogen-bond acceptors (Lipinski definition) is 5. The summed E-state index contributed by atoms with van der Waals surface area (Å²) in [5, 5.41) is 9.85. The summed E-state index contributed by atoms with van der Waals surface area (Å²) in [6, 6.07) is 3.03. The van der Waals surface area contributed by atoms with Gasteiger partial charge in [-0.3, -0.25) is 0 Å². The van der Waals surface area contributed by atoms with Crippen molar-refractivity contribution < 1.29 is 24.1 Å². The average Bonchev–Trinajstić information content (AvgIpc) is 2.38. The van der Waals surface area contributed by atoms with E-state index in [9.17, 15) is 9.90 Å². The Morgan fingerprint density at radius 2 is 2.17 bits per heavy atom. The normalized spacial score (nSPS) is 12.9. The molecule has 1 aliphatic heterocycles. The number of phenolic OH excluding ortho intramolecular Hbond substituents is 1. The van der Waals surface area contributed by atoms with Crippen molar-refractivity contribution in [1.29, 1.82) is 0 Å². The van der Waals surface area contributed by atoms with Gasteiger partial charge in [0.15, 0.2) is 11.5 Å². The Hall–Kier alpha value is -2.17. The second-order valence-corrected chi connectivity index (χ2v) is 3.68. The van der Waals surface area contributed by atoms with Crippen LogP contribution in [-0.4, -0.2) is 30.9 Å². The van der Waals surface area contributed by atoms with Crippen LogP contribution in [0, 0.1) is 0 Å². The van der Waals surface area contributed by atoms with Gasteiger partial charge in [-0.05, 0) is 19.1 Å². The van der Waals surface area contributed by atoms with Crippen molar-refractivity contribution >= 4 is 11.5 Å². The maximum Gasteiger partial charge on any atom is 0.338 e. The van der Waals surface area contributed by atoms with E-state index in [2.05, 4.69) is 6.58 Å². The van der Waals surface area contributed by atoms with E-state index < -0.39 is 5.97 Å². The summed E-state index contributed by atoms with van der Waals surface area (Å²) in [7, 11) is 0. The van der Waals surface area contributed by atoms with Gasteiger partial charge in [0.25, 0.3) is 0 Å². The number of fused-ring (bicyclic) bond motifs is 1. The summed E-state index contributed by atoms with van der Waals surface area (Å²) in [5.41, 5.74) is 0.280. The standard InChI is InChI=1S/C13H14O5/c1-3-16-13(15)8(2)11-9(14)4-5-10-12(11)18-7-6-17-10/h4-5,14H,2-3,6-7H2,1H3. The highest BCUT2D eigenvalue weighted by atomic mass is 16.6. The first-order valence-corrected chi connectivity index (χ1v) is 5.63. The summed E-state index contributed by atoms with van der Waals surface area (Å²) >= 11 is 0. The number of phenols is 1. The molecular formula is C13H14O5. The SMILES string of the molecule is C=C(C(=O)OCC)c1c(O)ccc2c1OCCO2. The predicted octanol–water partition coefficient (Wildman–Crippen LogP) is 1.74. The molecule has 18 heavy (non-hydrogen) atoms. The second kappa shape index (κ2) is 5.00. The second-order valence-electron chi connectivity index (χ2n) is 3.68. The smallest absolute Gasteiger partial charge is 0.338 e. The van der Waals surface area contributed by atoms with Crippen molar-refractivity contribution in [2.75, 3.05) is 19.8 Å². The van der Waals surface area contributed by atoms with E-state index in [1.165, 1.54) is 6.07 Å². The van der Waals surface area contributed by atoms with Gasteiger partial charge in [0.2, 0.25) is 0 Å². The van der Waals surface area contributed by atoms with E-state index in [4.69, 9.17) is 14.2 Å². The third kappa shape index (κ3) is 2.11. The van der Waals surface area contributed by atoms with Crippen LogP contribution in [0.4, 0.5) is 0 Å². The summed E-state index contributed by atoms with van der Waals surface area (Å²) in [5.74, 6) is 0.145. The first-order chi connectivity index (χ1) is 8.65. The summed E-state index contributed by atoms with van der Waals surface area (Å²) in [4.78, 5) is 11.7. The molecule has 0 saturated heterocycles. The largest absolute Gasteiger partial charge is 0.507 e. The Balaban J connectivity index is 2.43. The van der Waals surface area contributed by atoms with Crippen molar-refractivity contribution in [3.05, 3.63) is 24.3 Å². The molecule has 5 heteroatoms. The van der Waals surface area contributed by atoms with Gasteiger partial charge in [-0.25, -0.2) is 4.79 Å². The van der Waals surface area contributed by atoms with Crippen LogP contribution >= 0.6 is 0 Å². The third-order valence-corrected chi connectivity index (χ3v) is 2.51. The van der Waals surface area contributed by atoms with Gasteiger partial charge < -0.3 is 19.3 Å². The molecule has 1 heterocycles. The molecule has 0 unspecified atom stereocenters. The summed E-state index contributed by atoms with van der Waals surface area (Å²) in [6.45, 7) is 6.38. The highest BCUT2D eigenvalue weighted by Gasteiger charge is 2.24. The first-order valence-electron chi connectivity index (χ1n) is 5.63. The molecule has 0 atom stereocenters. The van der Waals surface area contributed by atoms with Gasteiger partial charge in [0.05, 0.1) is 17.7 Å². The molecule has 5 nitrogen and oxygen atoms in total. The lowest BCUT2D eigenvalue weighted by atomic mass is 10.0. The van der Waals surface area contributed by atoms with Crippen molar-refractivity contribution in [3.8, 4) is 17.2 Å². The minimum absolute atomic E-state index is 0.0525. The van der Waals surface area contributed by atoms with E-state index in [1.807, 2.05) is 0 Å². The van der Waals surface area contributed by atoms with Crippen molar-refractivity contribution in [2.45, 2.75) is 6.92 Å². The molecule has 0 radical (unpaired) electrons. The third-order valence-electron chi connectivity index (χ3n) is 2.51. The Bertz CT molecular complexity index is 492. The fourth-order valence-electron chi connectivity index (χ4n) is 1.72. The van der Waals surface area contributed by atoms with Gasteiger partial charge in [-0.15, -0.1) is 0 Å². The van der Waals surface area contributed by atoms with E-state index in [0.717, 1.165) is 0 Å². The number of ether oxygens (including phenoxy) is 3. The lowest BCUT2D eigenvalue weighted by Crippen LogP contribution is -2.17. The minimum Gasteiger partial charge on any atom is -0.507 e. The molecule has 2 rings (SSSR count). The fourth-order valence-corrected chi connectivity index (χ4v) is 1.72. The van der Waals surface area contributed by atoms with Crippen LogP contribution in [0.25, 0.3) is 5.57 Å². The number of aromatic hydroxyl groups is 1. The quantitative estimate of drug-likeness (QED) is 0.654. The Kier molecular flexibility index (Phi) is 3.41. The zero-order valence-corrected chi connectivity index (χ0v) is 10.1. The number of rotatable bonds is 3. The van der Waals surface area contributed by atoms with Crippen molar-refractivity contribution in [1.82, 2.24) is 0 Å². The van der Waals surface area contributed by atoms with Gasteiger partial charge in [-0.1, -0.05) is 6.58 Å². The molecule has 0 aliphatic carbocycles. The first kappa shape index (κ1) is 12.3. The Morgan fingerprint density at radius 3 is 2.89 bits per heavy atom. The highest BCUT2D eigenvalue weighted by Crippen LogP contribution is 2.42. The lowest BCUT2D eigenvalue weighted by molar-refractivity contribution is -0.136. The highest BCUT2D eigenvalue weighted by molar-refractivity contribution is 6.17. The van der Waals surface area contributed by atoms with Gasteiger partial charge in [-0.2, -0.15) is 0 Å². The summed E-state index contributed by atoms with van der Waals surface area (Å²) < 4.78 is 15.7. The molecule has 0 aromatic heterocycles. The van der Waals surface area contributed by atoms with Crippen LogP contribution in [-0.2, 0) is 9.53 Å². The molecule has 0 fully saturated rings. The number of benzene rings is 1. The molecule has 0 amide bonds. The fraction of sp³-hybridized carbons (Fsp3) is 0.308. The van der Waals surface area contributed by atoms with E-state index in [1.54, 1.807) is 13.0 Å². The Labute approximate surface area is 105 Å². The van der Waals surface area contributed by atoms with Gasteiger partial charge in [0, 0.05) is 0 Å². The topological polar surface area (TPSA) is 65.0 Å². The minimum atomic E-state index is -0.588. The molecule has 1 aliphatic rings. The number of carbonyl (C=O) groups excluding carboxylic acids is 1. The van der Waals surface area contributed by atoms with Crippen LogP contribution in [0.5, 0.6) is 17.2 Å². The van der Waals surface area contributed by atoms with Gasteiger partial charge >= 0.3 is 5.97 Å². The lowest BCUT2D eigenvalue weighted by Gasteiger charge is -2.22. The van der Waals surface area contributed by atoms with Crippen molar-refractivity contribution in [2.24, 2.45) is 0 Å². The summed E-state index contributed by atoms with van der Waals surface area (Å²) in [6.07, 6.45) is 0. The van der Waals surface area contributed by atoms with Crippen molar-refractivity contribution in [3.63, 3.8) is 0 Å². The number of carbonyl (C=O) groups is 1. The molecular weight excluding hydrogens is 236 g/mol. The zero-order valence-electron chi connectivity index (χ0n) is 10.1. The average molecular weight is 250 g/mol. The molecule has 1 aromatic carbocycles.